The Kier molecular flexibility index (Phi) is 6.98. The van der Waals surface area contributed by atoms with Crippen LogP contribution in [-0.2, 0) is 6.54 Å². The van der Waals surface area contributed by atoms with Crippen molar-refractivity contribution in [2.45, 2.75) is 32.2 Å². The SMILES string of the molecule is C=CCCCCCNCc1ccc(Br)s1. The molecule has 0 fully saturated rings. The van der Waals surface area contributed by atoms with Gasteiger partial charge in [-0.25, -0.2) is 0 Å². The van der Waals surface area contributed by atoms with Gasteiger partial charge in [-0.15, -0.1) is 17.9 Å². The van der Waals surface area contributed by atoms with E-state index in [1.165, 1.54) is 27.9 Å². The maximum Gasteiger partial charge on any atom is 0.0701 e. The van der Waals surface area contributed by atoms with E-state index >= 15 is 0 Å². The second-order valence-electron chi connectivity index (χ2n) is 3.52. The maximum atomic E-state index is 3.72. The van der Waals surface area contributed by atoms with Crippen molar-refractivity contribution in [1.29, 1.82) is 0 Å². The number of nitrogens with one attached hydrogen (secondary N) is 1. The van der Waals surface area contributed by atoms with E-state index in [2.05, 4.69) is 40.0 Å². The van der Waals surface area contributed by atoms with Crippen LogP contribution >= 0.6 is 27.3 Å². The standard InChI is InChI=1S/C12H18BrNS/c1-2-3-4-5-6-9-14-10-11-7-8-12(13)15-11/h2,7-8,14H,1,3-6,9-10H2. The number of halogens is 1. The summed E-state index contributed by atoms with van der Waals surface area (Å²) >= 11 is 5.27. The molecule has 0 saturated carbocycles. The molecule has 84 valence electrons. The summed E-state index contributed by atoms with van der Waals surface area (Å²) in [5.41, 5.74) is 0. The molecule has 0 bridgehead atoms. The van der Waals surface area contributed by atoms with Crippen molar-refractivity contribution in [1.82, 2.24) is 5.32 Å². The summed E-state index contributed by atoms with van der Waals surface area (Å²) < 4.78 is 1.21. The summed E-state index contributed by atoms with van der Waals surface area (Å²) in [6.45, 7) is 5.83. The zero-order valence-corrected chi connectivity index (χ0v) is 11.4. The van der Waals surface area contributed by atoms with E-state index in [4.69, 9.17) is 0 Å². The van der Waals surface area contributed by atoms with Crippen LogP contribution in [0.2, 0.25) is 0 Å². The zero-order chi connectivity index (χ0) is 10.9. The lowest BCUT2D eigenvalue weighted by Gasteiger charge is -2.02. The summed E-state index contributed by atoms with van der Waals surface area (Å²) in [7, 11) is 0. The van der Waals surface area contributed by atoms with Crippen LogP contribution in [0.4, 0.5) is 0 Å². The minimum Gasteiger partial charge on any atom is -0.312 e. The Morgan fingerprint density at radius 3 is 2.87 bits per heavy atom. The Morgan fingerprint density at radius 1 is 1.33 bits per heavy atom. The third-order valence-electron chi connectivity index (χ3n) is 2.19. The van der Waals surface area contributed by atoms with Gasteiger partial charge in [0.15, 0.2) is 0 Å². The Balaban J connectivity index is 1.95. The number of allylic oxidation sites excluding steroid dienone is 1. The van der Waals surface area contributed by atoms with Gasteiger partial charge in [-0.05, 0) is 53.9 Å². The average Bonchev–Trinajstić information content (AvgIpc) is 2.63. The first-order valence-corrected chi connectivity index (χ1v) is 6.99. The minimum absolute atomic E-state index is 0.998. The fourth-order valence-electron chi connectivity index (χ4n) is 1.37. The van der Waals surface area contributed by atoms with Crippen molar-refractivity contribution in [3.8, 4) is 0 Å². The third-order valence-corrected chi connectivity index (χ3v) is 3.81. The van der Waals surface area contributed by atoms with E-state index < -0.39 is 0 Å². The highest BCUT2D eigenvalue weighted by Crippen LogP contribution is 2.21. The molecule has 0 radical (unpaired) electrons. The van der Waals surface area contributed by atoms with Gasteiger partial charge < -0.3 is 5.32 Å². The topological polar surface area (TPSA) is 12.0 Å². The molecule has 0 atom stereocenters. The van der Waals surface area contributed by atoms with Gasteiger partial charge in [0.05, 0.1) is 3.79 Å². The Labute approximate surface area is 105 Å². The second-order valence-corrected chi connectivity index (χ2v) is 6.07. The van der Waals surface area contributed by atoms with Gasteiger partial charge in [-0.1, -0.05) is 12.5 Å². The normalized spacial score (nSPS) is 10.5. The van der Waals surface area contributed by atoms with E-state index in [-0.39, 0.29) is 0 Å². The molecule has 1 nitrogen and oxygen atoms in total. The highest BCUT2D eigenvalue weighted by molar-refractivity contribution is 9.11. The molecule has 0 aliphatic rings. The fraction of sp³-hybridized carbons (Fsp3) is 0.500. The predicted octanol–water partition coefficient (Wildman–Crippen LogP) is 4.35. The molecule has 0 aliphatic heterocycles. The highest BCUT2D eigenvalue weighted by atomic mass is 79.9. The first-order valence-electron chi connectivity index (χ1n) is 5.39. The smallest absolute Gasteiger partial charge is 0.0701 e. The summed E-state index contributed by atoms with van der Waals surface area (Å²) in [5, 5.41) is 3.46. The van der Waals surface area contributed by atoms with Crippen molar-refractivity contribution in [2.75, 3.05) is 6.54 Å². The molecule has 1 N–H and O–H groups in total. The van der Waals surface area contributed by atoms with Crippen molar-refractivity contribution in [3.63, 3.8) is 0 Å². The molecule has 0 saturated heterocycles. The fourth-order valence-corrected chi connectivity index (χ4v) is 2.83. The minimum atomic E-state index is 0.998. The molecule has 1 aromatic heterocycles. The van der Waals surface area contributed by atoms with Crippen LogP contribution in [-0.4, -0.2) is 6.54 Å². The number of hydrogen-bond acceptors (Lipinski definition) is 2. The predicted molar refractivity (Wildman–Crippen MR) is 72.4 cm³/mol. The number of unbranched alkanes of at least 4 members (excludes halogenated alkanes) is 3. The van der Waals surface area contributed by atoms with E-state index in [9.17, 15) is 0 Å². The van der Waals surface area contributed by atoms with E-state index in [0.29, 0.717) is 0 Å². The first-order chi connectivity index (χ1) is 7.33. The van der Waals surface area contributed by atoms with Crippen LogP contribution in [0.5, 0.6) is 0 Å². The summed E-state index contributed by atoms with van der Waals surface area (Å²) in [4.78, 5) is 1.40. The van der Waals surface area contributed by atoms with Crippen LogP contribution in [0.1, 0.15) is 30.6 Å². The van der Waals surface area contributed by atoms with Crippen molar-refractivity contribution in [3.05, 3.63) is 33.5 Å². The monoisotopic (exact) mass is 287 g/mol. The molecule has 1 aromatic rings. The van der Waals surface area contributed by atoms with E-state index in [0.717, 1.165) is 19.5 Å². The van der Waals surface area contributed by atoms with Gasteiger partial charge in [0, 0.05) is 11.4 Å². The zero-order valence-electron chi connectivity index (χ0n) is 8.97. The van der Waals surface area contributed by atoms with Crippen molar-refractivity contribution < 1.29 is 0 Å². The highest BCUT2D eigenvalue weighted by Gasteiger charge is 1.96. The lowest BCUT2D eigenvalue weighted by Crippen LogP contribution is -2.13. The maximum absolute atomic E-state index is 3.72. The van der Waals surface area contributed by atoms with Gasteiger partial charge in [0.25, 0.3) is 0 Å². The van der Waals surface area contributed by atoms with Gasteiger partial charge in [-0.3, -0.25) is 0 Å². The van der Waals surface area contributed by atoms with Crippen LogP contribution in [0, 0.1) is 0 Å². The molecule has 15 heavy (non-hydrogen) atoms. The molecule has 1 heterocycles. The lowest BCUT2D eigenvalue weighted by molar-refractivity contribution is 0.609. The quantitative estimate of drug-likeness (QED) is 0.554. The average molecular weight is 288 g/mol. The largest absolute Gasteiger partial charge is 0.312 e. The Bertz CT molecular complexity index is 283. The van der Waals surface area contributed by atoms with E-state index in [1.54, 1.807) is 11.3 Å². The van der Waals surface area contributed by atoms with Gasteiger partial charge in [-0.2, -0.15) is 0 Å². The molecular weight excluding hydrogens is 270 g/mol. The van der Waals surface area contributed by atoms with Crippen LogP contribution < -0.4 is 5.32 Å². The number of rotatable bonds is 8. The molecule has 0 amide bonds. The van der Waals surface area contributed by atoms with Crippen molar-refractivity contribution in [2.24, 2.45) is 0 Å². The summed E-state index contributed by atoms with van der Waals surface area (Å²) in [6.07, 6.45) is 6.98. The molecule has 3 heteroatoms. The number of hydrogen-bond donors (Lipinski definition) is 1. The molecule has 0 aliphatic carbocycles. The number of thiophene rings is 1. The molecule has 0 spiro atoms. The van der Waals surface area contributed by atoms with Gasteiger partial charge >= 0.3 is 0 Å². The second kappa shape index (κ2) is 8.08. The van der Waals surface area contributed by atoms with E-state index in [1.807, 2.05) is 6.08 Å². The first kappa shape index (κ1) is 12.9. The molecule has 0 aromatic carbocycles. The molecular formula is C12H18BrNS. The molecule has 1 rings (SSSR count). The van der Waals surface area contributed by atoms with Crippen LogP contribution in [0.3, 0.4) is 0 Å². The molecule has 0 unspecified atom stereocenters. The summed E-state index contributed by atoms with van der Waals surface area (Å²) in [5.74, 6) is 0. The summed E-state index contributed by atoms with van der Waals surface area (Å²) in [6, 6.07) is 4.27. The van der Waals surface area contributed by atoms with Crippen molar-refractivity contribution >= 4 is 27.3 Å². The van der Waals surface area contributed by atoms with Crippen LogP contribution in [0.15, 0.2) is 28.6 Å². The Morgan fingerprint density at radius 2 is 2.20 bits per heavy atom. The lowest BCUT2D eigenvalue weighted by atomic mass is 10.2. The van der Waals surface area contributed by atoms with Gasteiger partial charge in [0.2, 0.25) is 0 Å². The van der Waals surface area contributed by atoms with Crippen LogP contribution in [0.25, 0.3) is 0 Å². The Hall–Kier alpha value is -0.120. The third kappa shape index (κ3) is 6.13. The van der Waals surface area contributed by atoms with Gasteiger partial charge in [0.1, 0.15) is 0 Å².